The minimum atomic E-state index is -0.679. The number of benzene rings is 1. The van der Waals surface area contributed by atoms with Gasteiger partial charge in [0.25, 0.3) is 11.8 Å². The number of carbonyl (C=O) groups is 2. The van der Waals surface area contributed by atoms with Gasteiger partial charge >= 0.3 is 0 Å². The van der Waals surface area contributed by atoms with Crippen LogP contribution in [0.4, 0.5) is 4.39 Å². The van der Waals surface area contributed by atoms with E-state index in [0.29, 0.717) is 33.3 Å². The van der Waals surface area contributed by atoms with Gasteiger partial charge in [-0.3, -0.25) is 9.59 Å². The first-order chi connectivity index (χ1) is 11.4. The number of nitrogens with zero attached hydrogens (tertiary/aromatic N) is 2. The summed E-state index contributed by atoms with van der Waals surface area (Å²) in [5, 5.41) is 0.0268. The average Bonchev–Trinajstić information content (AvgIpc) is 3.16. The Bertz CT molecular complexity index is 822. The molecule has 1 aliphatic heterocycles. The van der Waals surface area contributed by atoms with Crippen LogP contribution in [0.5, 0.6) is 0 Å². The maximum Gasteiger partial charge on any atom is 0.275 e. The Morgan fingerprint density at radius 2 is 2.12 bits per heavy atom. The molecular formula is C16H16FN3O2S2. The third-order valence-electron chi connectivity index (χ3n) is 3.77. The van der Waals surface area contributed by atoms with Crippen LogP contribution >= 0.6 is 23.1 Å². The first-order valence-corrected chi connectivity index (χ1v) is 9.21. The molecule has 126 valence electrons. The summed E-state index contributed by atoms with van der Waals surface area (Å²) in [6.07, 6.45) is 0. The van der Waals surface area contributed by atoms with Gasteiger partial charge in [0.05, 0.1) is 9.88 Å². The van der Waals surface area contributed by atoms with E-state index in [0.717, 1.165) is 0 Å². The first kappa shape index (κ1) is 16.9. The third kappa shape index (κ3) is 3.03. The molecule has 2 N–H and O–H groups in total. The summed E-state index contributed by atoms with van der Waals surface area (Å²) in [6, 6.07) is 4.85. The summed E-state index contributed by atoms with van der Waals surface area (Å²) in [6.45, 7) is 3.91. The van der Waals surface area contributed by atoms with Crippen molar-refractivity contribution in [2.75, 3.05) is 12.3 Å². The van der Waals surface area contributed by atoms with Gasteiger partial charge in [-0.2, -0.15) is 0 Å². The Kier molecular flexibility index (Phi) is 4.60. The second-order valence-corrected chi connectivity index (χ2v) is 7.89. The maximum absolute atomic E-state index is 13.9. The van der Waals surface area contributed by atoms with Crippen molar-refractivity contribution in [2.24, 2.45) is 5.73 Å². The van der Waals surface area contributed by atoms with Crippen LogP contribution in [0, 0.1) is 19.7 Å². The van der Waals surface area contributed by atoms with Gasteiger partial charge < -0.3 is 10.6 Å². The van der Waals surface area contributed by atoms with Crippen LogP contribution in [0.1, 0.15) is 21.1 Å². The van der Waals surface area contributed by atoms with Crippen LogP contribution in [0.15, 0.2) is 18.2 Å². The van der Waals surface area contributed by atoms with E-state index in [-0.39, 0.29) is 17.4 Å². The number of rotatable bonds is 3. The molecule has 1 aromatic carbocycles. The van der Waals surface area contributed by atoms with Gasteiger partial charge in [0.1, 0.15) is 11.5 Å². The lowest BCUT2D eigenvalue weighted by Crippen LogP contribution is -2.42. The molecule has 1 fully saturated rings. The zero-order chi connectivity index (χ0) is 17.4. The summed E-state index contributed by atoms with van der Waals surface area (Å²) in [7, 11) is 0. The highest BCUT2D eigenvalue weighted by Gasteiger charge is 2.36. The largest absolute Gasteiger partial charge is 0.367 e. The number of aryl methyl sites for hydroxylation is 2. The molecule has 1 aliphatic rings. The highest BCUT2D eigenvalue weighted by atomic mass is 32.2. The van der Waals surface area contributed by atoms with Crippen molar-refractivity contribution in [3.63, 3.8) is 0 Å². The number of thioether (sulfide) groups is 1. The van der Waals surface area contributed by atoms with Gasteiger partial charge in [0.15, 0.2) is 5.37 Å². The third-order valence-corrected chi connectivity index (χ3v) is 6.01. The van der Waals surface area contributed by atoms with Gasteiger partial charge in [-0.1, -0.05) is 12.1 Å². The Labute approximate surface area is 147 Å². The molecule has 2 aromatic rings. The molecule has 24 heavy (non-hydrogen) atoms. The highest BCUT2D eigenvalue weighted by Crippen LogP contribution is 2.34. The first-order valence-electron chi connectivity index (χ1n) is 7.34. The molecule has 1 aromatic heterocycles. The van der Waals surface area contributed by atoms with Crippen molar-refractivity contribution < 1.29 is 14.0 Å². The summed E-state index contributed by atoms with van der Waals surface area (Å²) in [5.41, 5.74) is 6.76. The minimum Gasteiger partial charge on any atom is -0.367 e. The molecule has 1 saturated heterocycles. The van der Waals surface area contributed by atoms with Crippen LogP contribution < -0.4 is 5.73 Å². The monoisotopic (exact) mass is 365 g/mol. The lowest BCUT2D eigenvalue weighted by molar-refractivity contribution is -0.119. The smallest absolute Gasteiger partial charge is 0.275 e. The van der Waals surface area contributed by atoms with Gasteiger partial charge in [-0.25, -0.2) is 9.37 Å². The fourth-order valence-electron chi connectivity index (χ4n) is 2.55. The summed E-state index contributed by atoms with van der Waals surface area (Å²) >= 11 is 2.67. The topological polar surface area (TPSA) is 76.3 Å². The summed E-state index contributed by atoms with van der Waals surface area (Å²) in [5.74, 6) is -0.565. The van der Waals surface area contributed by atoms with Gasteiger partial charge in [0, 0.05) is 12.3 Å². The van der Waals surface area contributed by atoms with Crippen molar-refractivity contribution in [3.05, 3.63) is 40.3 Å². The molecule has 5 nitrogen and oxygen atoms in total. The second-order valence-electron chi connectivity index (χ2n) is 5.50. The molecule has 1 unspecified atom stereocenters. The number of aromatic nitrogens is 1. The van der Waals surface area contributed by atoms with Crippen LogP contribution in [-0.4, -0.2) is 39.4 Å². The normalized spacial score (nSPS) is 17.3. The van der Waals surface area contributed by atoms with Crippen molar-refractivity contribution in [1.82, 2.24) is 9.88 Å². The van der Waals surface area contributed by atoms with Crippen molar-refractivity contribution in [2.45, 2.75) is 19.2 Å². The van der Waals surface area contributed by atoms with Gasteiger partial charge in [-0.05, 0) is 31.0 Å². The van der Waals surface area contributed by atoms with Crippen molar-refractivity contribution in [1.29, 1.82) is 0 Å². The Morgan fingerprint density at radius 1 is 1.38 bits per heavy atom. The van der Waals surface area contributed by atoms with E-state index >= 15 is 0 Å². The number of hydrogen-bond acceptors (Lipinski definition) is 5. The Balaban J connectivity index is 2.01. The molecular weight excluding hydrogens is 349 g/mol. The SMILES string of the molecule is Cc1nc(C(=O)N2CCSC2C(N)=O)c(-c2ccc(C)c(F)c2)s1. The van der Waals surface area contributed by atoms with E-state index in [4.69, 9.17) is 5.73 Å². The molecule has 0 saturated carbocycles. The summed E-state index contributed by atoms with van der Waals surface area (Å²) in [4.78, 5) is 30.8. The molecule has 0 bridgehead atoms. The fourth-order valence-corrected chi connectivity index (χ4v) is 4.53. The van der Waals surface area contributed by atoms with Crippen molar-refractivity contribution in [3.8, 4) is 10.4 Å². The molecule has 0 radical (unpaired) electrons. The van der Waals surface area contributed by atoms with Crippen LogP contribution in [0.2, 0.25) is 0 Å². The van der Waals surface area contributed by atoms with Crippen molar-refractivity contribution >= 4 is 34.9 Å². The number of nitrogens with two attached hydrogens (primary N) is 1. The minimum absolute atomic E-state index is 0.245. The van der Waals surface area contributed by atoms with E-state index in [2.05, 4.69) is 4.98 Å². The number of primary amides is 1. The van der Waals surface area contributed by atoms with Crippen LogP contribution in [0.3, 0.4) is 0 Å². The number of halogens is 1. The fraction of sp³-hybridized carbons (Fsp3) is 0.312. The standard InChI is InChI=1S/C16H16FN3O2S2/c1-8-3-4-10(7-11(8)17)13-12(19-9(2)24-13)15(22)20-5-6-23-16(20)14(18)21/h3-4,7,16H,5-6H2,1-2H3,(H2,18,21). The molecule has 2 heterocycles. The maximum atomic E-state index is 13.9. The second kappa shape index (κ2) is 6.52. The van der Waals surface area contributed by atoms with E-state index < -0.39 is 11.3 Å². The molecule has 2 amide bonds. The highest BCUT2D eigenvalue weighted by molar-refractivity contribution is 8.00. The average molecular weight is 365 g/mol. The van der Waals surface area contributed by atoms with E-state index in [1.165, 1.54) is 34.1 Å². The molecule has 3 rings (SSSR count). The Hall–Kier alpha value is -1.93. The molecule has 8 heteroatoms. The van der Waals surface area contributed by atoms with Crippen LogP contribution in [0.25, 0.3) is 10.4 Å². The van der Waals surface area contributed by atoms with Crippen LogP contribution in [-0.2, 0) is 4.79 Å². The summed E-state index contributed by atoms with van der Waals surface area (Å²) < 4.78 is 13.9. The van der Waals surface area contributed by atoms with E-state index in [1.54, 1.807) is 26.0 Å². The lowest BCUT2D eigenvalue weighted by Gasteiger charge is -2.20. The number of carbonyl (C=O) groups excluding carboxylic acids is 2. The quantitative estimate of drug-likeness (QED) is 0.907. The molecule has 1 atom stereocenters. The predicted octanol–water partition coefficient (Wildman–Crippen LogP) is 2.57. The van der Waals surface area contributed by atoms with E-state index in [1.807, 2.05) is 0 Å². The molecule has 0 aliphatic carbocycles. The lowest BCUT2D eigenvalue weighted by atomic mass is 10.1. The zero-order valence-electron chi connectivity index (χ0n) is 13.2. The van der Waals surface area contributed by atoms with E-state index in [9.17, 15) is 14.0 Å². The Morgan fingerprint density at radius 3 is 2.79 bits per heavy atom. The number of hydrogen-bond donors (Lipinski definition) is 1. The zero-order valence-corrected chi connectivity index (χ0v) is 14.8. The van der Waals surface area contributed by atoms with Gasteiger partial charge in [-0.15, -0.1) is 23.1 Å². The number of amides is 2. The predicted molar refractivity (Wildman–Crippen MR) is 93.5 cm³/mol. The number of thiazole rings is 1. The molecule has 0 spiro atoms. The van der Waals surface area contributed by atoms with Gasteiger partial charge in [0.2, 0.25) is 0 Å².